The van der Waals surface area contributed by atoms with Crippen molar-refractivity contribution in [3.8, 4) is 22.8 Å². The number of hydrogen-bond donors (Lipinski definition) is 2. The molecule has 0 aliphatic heterocycles. The largest absolute Gasteiger partial charge is 0.497 e. The van der Waals surface area contributed by atoms with Gasteiger partial charge in [0.05, 0.1) is 31.8 Å². The van der Waals surface area contributed by atoms with Gasteiger partial charge < -0.3 is 20.5 Å². The van der Waals surface area contributed by atoms with E-state index in [0.717, 1.165) is 5.56 Å². The third-order valence-corrected chi connectivity index (χ3v) is 3.63. The molecule has 0 unspecified atom stereocenters. The Morgan fingerprint density at radius 3 is 2.69 bits per heavy atom. The summed E-state index contributed by atoms with van der Waals surface area (Å²) in [5.41, 5.74) is 7.51. The Hall–Kier alpha value is -3.68. The van der Waals surface area contributed by atoms with Gasteiger partial charge in [0.2, 0.25) is 0 Å². The van der Waals surface area contributed by atoms with Gasteiger partial charge in [-0.3, -0.25) is 9.78 Å². The van der Waals surface area contributed by atoms with Gasteiger partial charge in [-0.15, -0.1) is 0 Å². The zero-order valence-corrected chi connectivity index (χ0v) is 14.3. The SMILES string of the molecule is COc1ccc(OC)c(NC(=O)c2nc(-c3cccnc3)cnc2N)c1. The maximum Gasteiger partial charge on any atom is 0.278 e. The molecule has 1 aromatic carbocycles. The second-order valence-electron chi connectivity index (χ2n) is 5.25. The lowest BCUT2D eigenvalue weighted by atomic mass is 10.2. The second kappa shape index (κ2) is 7.47. The number of rotatable bonds is 5. The van der Waals surface area contributed by atoms with Crippen molar-refractivity contribution < 1.29 is 14.3 Å². The zero-order chi connectivity index (χ0) is 18.5. The van der Waals surface area contributed by atoms with Crippen LogP contribution in [-0.4, -0.2) is 35.1 Å². The molecule has 0 spiro atoms. The third-order valence-electron chi connectivity index (χ3n) is 3.63. The highest BCUT2D eigenvalue weighted by Crippen LogP contribution is 2.29. The highest BCUT2D eigenvalue weighted by Gasteiger charge is 2.17. The van der Waals surface area contributed by atoms with E-state index in [9.17, 15) is 4.79 Å². The number of carbonyl (C=O) groups is 1. The van der Waals surface area contributed by atoms with Gasteiger partial charge in [0, 0.05) is 24.0 Å². The molecule has 0 aliphatic rings. The number of ether oxygens (including phenoxy) is 2. The number of pyridine rings is 1. The summed E-state index contributed by atoms with van der Waals surface area (Å²) in [4.78, 5) is 25.1. The first-order chi connectivity index (χ1) is 12.6. The van der Waals surface area contributed by atoms with E-state index < -0.39 is 5.91 Å². The molecule has 26 heavy (non-hydrogen) atoms. The molecule has 8 heteroatoms. The number of nitrogen functional groups attached to an aromatic ring is 1. The van der Waals surface area contributed by atoms with Crippen LogP contribution in [0.25, 0.3) is 11.3 Å². The fourth-order valence-corrected chi connectivity index (χ4v) is 2.31. The number of aromatic nitrogens is 3. The monoisotopic (exact) mass is 351 g/mol. The minimum absolute atomic E-state index is 0.0104. The molecule has 0 aliphatic carbocycles. The van der Waals surface area contributed by atoms with Gasteiger partial charge in [-0.05, 0) is 24.3 Å². The van der Waals surface area contributed by atoms with E-state index in [4.69, 9.17) is 15.2 Å². The molecular formula is C18H17N5O3. The first-order valence-electron chi connectivity index (χ1n) is 7.68. The molecule has 0 fully saturated rings. The van der Waals surface area contributed by atoms with E-state index in [0.29, 0.717) is 22.9 Å². The fourth-order valence-electron chi connectivity index (χ4n) is 2.31. The van der Waals surface area contributed by atoms with Crippen molar-refractivity contribution in [1.82, 2.24) is 15.0 Å². The van der Waals surface area contributed by atoms with E-state index in [1.807, 2.05) is 6.07 Å². The van der Waals surface area contributed by atoms with Crippen molar-refractivity contribution in [2.75, 3.05) is 25.3 Å². The lowest BCUT2D eigenvalue weighted by Gasteiger charge is -2.12. The van der Waals surface area contributed by atoms with Gasteiger partial charge >= 0.3 is 0 Å². The van der Waals surface area contributed by atoms with Gasteiger partial charge in [0.25, 0.3) is 5.91 Å². The van der Waals surface area contributed by atoms with Crippen molar-refractivity contribution in [3.05, 3.63) is 54.6 Å². The number of nitrogens with zero attached hydrogens (tertiary/aromatic N) is 3. The van der Waals surface area contributed by atoms with Crippen LogP contribution in [0, 0.1) is 0 Å². The maximum atomic E-state index is 12.7. The minimum atomic E-state index is -0.507. The van der Waals surface area contributed by atoms with E-state index in [2.05, 4.69) is 20.3 Å². The Morgan fingerprint density at radius 1 is 1.15 bits per heavy atom. The van der Waals surface area contributed by atoms with E-state index in [1.54, 1.807) is 36.7 Å². The predicted octanol–water partition coefficient (Wildman–Crippen LogP) is 2.39. The number of amides is 1. The number of carbonyl (C=O) groups excluding carboxylic acids is 1. The van der Waals surface area contributed by atoms with Crippen LogP contribution in [0.2, 0.25) is 0 Å². The number of methoxy groups -OCH3 is 2. The Kier molecular flexibility index (Phi) is 4.93. The predicted molar refractivity (Wildman–Crippen MR) is 97.2 cm³/mol. The van der Waals surface area contributed by atoms with Crippen LogP contribution in [-0.2, 0) is 0 Å². The molecule has 8 nitrogen and oxygen atoms in total. The fraction of sp³-hybridized carbons (Fsp3) is 0.111. The Labute approximate surface area is 150 Å². The van der Waals surface area contributed by atoms with Crippen molar-refractivity contribution in [2.45, 2.75) is 0 Å². The van der Waals surface area contributed by atoms with Crippen LogP contribution in [0.4, 0.5) is 11.5 Å². The number of hydrogen-bond acceptors (Lipinski definition) is 7. The number of nitrogens with one attached hydrogen (secondary N) is 1. The van der Waals surface area contributed by atoms with Gasteiger partial charge in [0.15, 0.2) is 11.5 Å². The lowest BCUT2D eigenvalue weighted by molar-refractivity contribution is 0.102. The molecular weight excluding hydrogens is 334 g/mol. The maximum absolute atomic E-state index is 12.7. The minimum Gasteiger partial charge on any atom is -0.497 e. The average molecular weight is 351 g/mol. The first kappa shape index (κ1) is 17.2. The van der Waals surface area contributed by atoms with Crippen molar-refractivity contribution in [1.29, 1.82) is 0 Å². The number of benzene rings is 1. The summed E-state index contributed by atoms with van der Waals surface area (Å²) in [6.07, 6.45) is 4.78. The zero-order valence-electron chi connectivity index (χ0n) is 14.3. The van der Waals surface area contributed by atoms with Crippen molar-refractivity contribution in [3.63, 3.8) is 0 Å². The summed E-state index contributed by atoms with van der Waals surface area (Å²) in [6, 6.07) is 8.65. The van der Waals surface area contributed by atoms with Gasteiger partial charge in [-0.1, -0.05) is 0 Å². The van der Waals surface area contributed by atoms with Gasteiger partial charge in [0.1, 0.15) is 11.5 Å². The highest BCUT2D eigenvalue weighted by molar-refractivity contribution is 6.06. The van der Waals surface area contributed by atoms with Crippen molar-refractivity contribution in [2.24, 2.45) is 0 Å². The normalized spacial score (nSPS) is 10.2. The first-order valence-corrected chi connectivity index (χ1v) is 7.68. The molecule has 0 bridgehead atoms. The molecule has 2 heterocycles. The molecule has 2 aromatic heterocycles. The Morgan fingerprint density at radius 2 is 2.00 bits per heavy atom. The van der Waals surface area contributed by atoms with Crippen LogP contribution < -0.4 is 20.5 Å². The molecule has 3 N–H and O–H groups in total. The number of nitrogens with two attached hydrogens (primary N) is 1. The molecule has 1 amide bonds. The Bertz CT molecular complexity index is 931. The number of anilines is 2. The van der Waals surface area contributed by atoms with E-state index in [1.165, 1.54) is 20.4 Å². The summed E-state index contributed by atoms with van der Waals surface area (Å²) in [7, 11) is 3.04. The van der Waals surface area contributed by atoms with E-state index in [-0.39, 0.29) is 11.5 Å². The van der Waals surface area contributed by atoms with Crippen LogP contribution in [0.3, 0.4) is 0 Å². The standard InChI is InChI=1S/C18H17N5O3/c1-25-12-5-6-15(26-2)13(8-12)23-18(24)16-17(19)21-10-14(22-16)11-4-3-7-20-9-11/h3-10H,1-2H3,(H2,19,21)(H,23,24). The second-order valence-corrected chi connectivity index (χ2v) is 5.25. The topological polar surface area (TPSA) is 112 Å². The van der Waals surface area contributed by atoms with Crippen LogP contribution >= 0.6 is 0 Å². The third kappa shape index (κ3) is 3.54. The Balaban J connectivity index is 1.93. The van der Waals surface area contributed by atoms with Gasteiger partial charge in [-0.2, -0.15) is 0 Å². The smallest absolute Gasteiger partial charge is 0.278 e. The molecule has 132 valence electrons. The molecule has 0 radical (unpaired) electrons. The van der Waals surface area contributed by atoms with Crippen LogP contribution in [0.15, 0.2) is 48.9 Å². The van der Waals surface area contributed by atoms with Gasteiger partial charge in [-0.25, -0.2) is 9.97 Å². The molecule has 3 rings (SSSR count). The molecule has 0 saturated carbocycles. The molecule has 3 aromatic rings. The van der Waals surface area contributed by atoms with Crippen molar-refractivity contribution >= 4 is 17.4 Å². The van der Waals surface area contributed by atoms with Crippen LogP contribution in [0.5, 0.6) is 11.5 Å². The summed E-state index contributed by atoms with van der Waals surface area (Å²) in [5.74, 6) is 0.572. The summed E-state index contributed by atoms with van der Waals surface area (Å²) in [5, 5.41) is 2.73. The van der Waals surface area contributed by atoms with E-state index >= 15 is 0 Å². The average Bonchev–Trinajstić information content (AvgIpc) is 2.68. The summed E-state index contributed by atoms with van der Waals surface area (Å²) >= 11 is 0. The highest BCUT2D eigenvalue weighted by atomic mass is 16.5. The molecule has 0 atom stereocenters. The summed E-state index contributed by atoms with van der Waals surface area (Å²) < 4.78 is 10.4. The quantitative estimate of drug-likeness (QED) is 0.725. The lowest BCUT2D eigenvalue weighted by Crippen LogP contribution is -2.17. The molecule has 0 saturated heterocycles. The van der Waals surface area contributed by atoms with Crippen LogP contribution in [0.1, 0.15) is 10.5 Å². The summed E-state index contributed by atoms with van der Waals surface area (Å²) in [6.45, 7) is 0.